The molecule has 1 aromatic heterocycles. The van der Waals surface area contributed by atoms with Crippen molar-refractivity contribution in [2.45, 2.75) is 13.0 Å². The zero-order chi connectivity index (χ0) is 10.6. The van der Waals surface area contributed by atoms with Crippen LogP contribution in [0.3, 0.4) is 0 Å². The van der Waals surface area contributed by atoms with Gasteiger partial charge in [-0.1, -0.05) is 0 Å². The maximum absolute atomic E-state index is 11.4. The molecule has 1 amide bonds. The Morgan fingerprint density at radius 2 is 2.50 bits per heavy atom. The van der Waals surface area contributed by atoms with Gasteiger partial charge in [0.2, 0.25) is 0 Å². The van der Waals surface area contributed by atoms with Gasteiger partial charge in [0.15, 0.2) is 0 Å². The lowest BCUT2D eigenvalue weighted by Gasteiger charge is -2.04. The van der Waals surface area contributed by atoms with Crippen LogP contribution in [0.5, 0.6) is 5.75 Å². The minimum atomic E-state index is -0.527. The number of nitrogens with one attached hydrogen (secondary N) is 1. The lowest BCUT2D eigenvalue weighted by atomic mass is 10.4. The lowest BCUT2D eigenvalue weighted by molar-refractivity contribution is 0.0928. The van der Waals surface area contributed by atoms with E-state index in [-0.39, 0.29) is 12.5 Å². The molecule has 78 valence electrons. The molecule has 0 bridgehead atoms. The third kappa shape index (κ3) is 3.01. The predicted octanol–water partition coefficient (Wildman–Crippen LogP) is 0.867. The Balaban J connectivity index is 2.52. The van der Waals surface area contributed by atoms with Gasteiger partial charge in [-0.2, -0.15) is 0 Å². The molecule has 0 fully saturated rings. The summed E-state index contributed by atoms with van der Waals surface area (Å²) in [6.45, 7) is 1.88. The number of methoxy groups -OCH3 is 1. The Labute approximate surface area is 86.5 Å². The molecular weight excluding hydrogens is 202 g/mol. The van der Waals surface area contributed by atoms with Crippen LogP contribution in [0.25, 0.3) is 0 Å². The molecule has 0 spiro atoms. The van der Waals surface area contributed by atoms with Crippen LogP contribution in [-0.2, 0) is 0 Å². The molecule has 0 saturated heterocycles. The van der Waals surface area contributed by atoms with Gasteiger partial charge < -0.3 is 15.2 Å². The maximum atomic E-state index is 11.4. The van der Waals surface area contributed by atoms with E-state index >= 15 is 0 Å². The minimum absolute atomic E-state index is 0.181. The van der Waals surface area contributed by atoms with Crippen molar-refractivity contribution in [2.75, 3.05) is 13.7 Å². The molecule has 0 radical (unpaired) electrons. The van der Waals surface area contributed by atoms with E-state index in [1.165, 1.54) is 11.3 Å². The summed E-state index contributed by atoms with van der Waals surface area (Å²) >= 11 is 1.32. The first-order valence-electron chi connectivity index (χ1n) is 4.22. The van der Waals surface area contributed by atoms with Gasteiger partial charge in [0, 0.05) is 18.0 Å². The van der Waals surface area contributed by atoms with Gasteiger partial charge in [0.25, 0.3) is 5.91 Å². The Kier molecular flexibility index (Phi) is 3.91. The normalized spacial score (nSPS) is 12.2. The molecule has 0 aliphatic carbocycles. The van der Waals surface area contributed by atoms with E-state index in [4.69, 9.17) is 9.84 Å². The number of amides is 1. The summed E-state index contributed by atoms with van der Waals surface area (Å²) in [5, 5.41) is 13.3. The highest BCUT2D eigenvalue weighted by molar-refractivity contribution is 7.12. The van der Waals surface area contributed by atoms with Crippen LogP contribution in [0.15, 0.2) is 11.4 Å². The van der Waals surface area contributed by atoms with E-state index in [2.05, 4.69) is 5.32 Å². The van der Waals surface area contributed by atoms with Crippen LogP contribution in [-0.4, -0.2) is 30.8 Å². The van der Waals surface area contributed by atoms with Crippen molar-refractivity contribution in [1.82, 2.24) is 5.32 Å². The molecule has 5 heteroatoms. The number of hydrogen-bond acceptors (Lipinski definition) is 4. The molecule has 1 aromatic rings. The zero-order valence-electron chi connectivity index (χ0n) is 8.11. The monoisotopic (exact) mass is 215 g/mol. The van der Waals surface area contributed by atoms with E-state index < -0.39 is 6.10 Å². The average molecular weight is 215 g/mol. The van der Waals surface area contributed by atoms with Gasteiger partial charge >= 0.3 is 0 Å². The van der Waals surface area contributed by atoms with Crippen molar-refractivity contribution >= 4 is 17.2 Å². The molecule has 14 heavy (non-hydrogen) atoms. The van der Waals surface area contributed by atoms with E-state index in [1.807, 2.05) is 0 Å². The third-order valence-electron chi connectivity index (χ3n) is 1.59. The molecule has 0 aliphatic rings. The molecular formula is C9H13NO3S. The maximum Gasteiger partial charge on any atom is 0.261 e. The first kappa shape index (κ1) is 11.0. The Morgan fingerprint density at radius 3 is 3.00 bits per heavy atom. The number of hydrogen-bond donors (Lipinski definition) is 2. The lowest BCUT2D eigenvalue weighted by Crippen LogP contribution is -2.29. The molecule has 0 saturated carbocycles. The van der Waals surface area contributed by atoms with Crippen LogP contribution in [0, 0.1) is 0 Å². The van der Waals surface area contributed by atoms with Gasteiger partial charge in [-0.25, -0.2) is 0 Å². The highest BCUT2D eigenvalue weighted by Gasteiger charge is 2.09. The number of aliphatic hydroxyl groups is 1. The van der Waals surface area contributed by atoms with Crippen LogP contribution in [0.1, 0.15) is 16.6 Å². The molecule has 1 atom stereocenters. The van der Waals surface area contributed by atoms with Crippen molar-refractivity contribution in [3.63, 3.8) is 0 Å². The molecule has 1 unspecified atom stereocenters. The van der Waals surface area contributed by atoms with E-state index in [0.717, 1.165) is 0 Å². The van der Waals surface area contributed by atoms with Crippen LogP contribution < -0.4 is 10.1 Å². The van der Waals surface area contributed by atoms with E-state index in [0.29, 0.717) is 10.6 Å². The summed E-state index contributed by atoms with van der Waals surface area (Å²) in [5.74, 6) is 0.497. The van der Waals surface area contributed by atoms with Crippen molar-refractivity contribution in [2.24, 2.45) is 0 Å². The highest BCUT2D eigenvalue weighted by Crippen LogP contribution is 2.20. The molecule has 1 rings (SSSR count). The highest BCUT2D eigenvalue weighted by atomic mass is 32.1. The summed E-state index contributed by atoms with van der Waals surface area (Å²) in [5.41, 5.74) is 0. The van der Waals surface area contributed by atoms with E-state index in [9.17, 15) is 4.79 Å². The van der Waals surface area contributed by atoms with Crippen molar-refractivity contribution in [3.8, 4) is 5.75 Å². The van der Waals surface area contributed by atoms with Crippen molar-refractivity contribution in [1.29, 1.82) is 0 Å². The molecule has 2 N–H and O–H groups in total. The largest absolute Gasteiger partial charge is 0.496 e. The third-order valence-corrected chi connectivity index (χ3v) is 2.50. The summed E-state index contributed by atoms with van der Waals surface area (Å²) in [7, 11) is 1.56. The Hall–Kier alpha value is -1.07. The fourth-order valence-corrected chi connectivity index (χ4v) is 1.64. The number of rotatable bonds is 4. The van der Waals surface area contributed by atoms with E-state index in [1.54, 1.807) is 25.5 Å². The van der Waals surface area contributed by atoms with Crippen LogP contribution in [0.4, 0.5) is 0 Å². The summed E-state index contributed by atoms with van der Waals surface area (Å²) in [4.78, 5) is 12.0. The van der Waals surface area contributed by atoms with Gasteiger partial charge in [-0.3, -0.25) is 4.79 Å². The van der Waals surface area contributed by atoms with Crippen LogP contribution >= 0.6 is 11.3 Å². The number of thiophene rings is 1. The number of carbonyl (C=O) groups excluding carboxylic acids is 1. The van der Waals surface area contributed by atoms with Gasteiger partial charge in [0.1, 0.15) is 5.75 Å². The SMILES string of the molecule is COc1csc(C(=O)NCC(C)O)c1. The Morgan fingerprint density at radius 1 is 1.79 bits per heavy atom. The quantitative estimate of drug-likeness (QED) is 0.783. The Bertz CT molecular complexity index is 309. The number of aliphatic hydroxyl groups excluding tert-OH is 1. The number of carbonyl (C=O) groups is 1. The number of ether oxygens (including phenoxy) is 1. The van der Waals surface area contributed by atoms with Crippen molar-refractivity contribution < 1.29 is 14.6 Å². The zero-order valence-corrected chi connectivity index (χ0v) is 8.93. The second kappa shape index (κ2) is 4.97. The van der Waals surface area contributed by atoms with Crippen LogP contribution in [0.2, 0.25) is 0 Å². The molecule has 1 heterocycles. The first-order chi connectivity index (χ1) is 6.63. The summed E-state index contributed by atoms with van der Waals surface area (Å²) in [6, 6.07) is 1.67. The fourth-order valence-electron chi connectivity index (χ4n) is 0.872. The van der Waals surface area contributed by atoms with Crippen molar-refractivity contribution in [3.05, 3.63) is 16.3 Å². The minimum Gasteiger partial charge on any atom is -0.496 e. The van der Waals surface area contributed by atoms with Gasteiger partial charge in [-0.05, 0) is 6.92 Å². The fraction of sp³-hybridized carbons (Fsp3) is 0.444. The predicted molar refractivity (Wildman–Crippen MR) is 54.9 cm³/mol. The first-order valence-corrected chi connectivity index (χ1v) is 5.10. The standard InChI is InChI=1S/C9H13NO3S/c1-6(11)4-10-9(12)8-3-7(13-2)5-14-8/h3,5-6,11H,4H2,1-2H3,(H,10,12). The molecule has 4 nitrogen and oxygen atoms in total. The second-order valence-electron chi connectivity index (χ2n) is 2.91. The molecule has 0 aromatic carbocycles. The summed E-state index contributed by atoms with van der Waals surface area (Å²) < 4.78 is 4.95. The summed E-state index contributed by atoms with van der Waals surface area (Å²) in [6.07, 6.45) is -0.527. The second-order valence-corrected chi connectivity index (χ2v) is 3.82. The topological polar surface area (TPSA) is 58.6 Å². The smallest absolute Gasteiger partial charge is 0.261 e. The molecule has 0 aliphatic heterocycles. The average Bonchev–Trinajstić information content (AvgIpc) is 2.62. The van der Waals surface area contributed by atoms with Gasteiger partial charge in [0.05, 0.1) is 18.1 Å². The van der Waals surface area contributed by atoms with Gasteiger partial charge in [-0.15, -0.1) is 11.3 Å².